The van der Waals surface area contributed by atoms with Crippen LogP contribution in [0.1, 0.15) is 41.7 Å². The van der Waals surface area contributed by atoms with E-state index in [2.05, 4.69) is 20.6 Å². The molecule has 0 spiro atoms. The topological polar surface area (TPSA) is 66.9 Å². The molecular weight excluding hydrogens is 276 g/mol. The average molecular weight is 296 g/mol. The Bertz CT molecular complexity index is 665. The number of aryl methyl sites for hydroxylation is 1. The van der Waals surface area contributed by atoms with Crippen LogP contribution < -0.4 is 10.6 Å². The maximum Gasteiger partial charge on any atom is 0.270 e. The minimum Gasteiger partial charge on any atom is -0.348 e. The zero-order valence-corrected chi connectivity index (χ0v) is 12.7. The summed E-state index contributed by atoms with van der Waals surface area (Å²) < 4.78 is 0. The van der Waals surface area contributed by atoms with Crippen LogP contribution in [0.4, 0.5) is 11.6 Å². The van der Waals surface area contributed by atoms with Gasteiger partial charge in [-0.3, -0.25) is 4.79 Å². The van der Waals surface area contributed by atoms with Gasteiger partial charge < -0.3 is 10.6 Å². The summed E-state index contributed by atoms with van der Waals surface area (Å²) in [5.41, 5.74) is 2.45. The molecule has 3 rings (SSSR count). The molecule has 1 heterocycles. The first-order chi connectivity index (χ1) is 10.7. The van der Waals surface area contributed by atoms with Crippen molar-refractivity contribution in [3.05, 3.63) is 47.8 Å². The summed E-state index contributed by atoms with van der Waals surface area (Å²) in [6.45, 7) is 2.01. The van der Waals surface area contributed by atoms with E-state index in [0.717, 1.165) is 24.1 Å². The molecule has 5 heteroatoms. The zero-order valence-electron chi connectivity index (χ0n) is 12.7. The third kappa shape index (κ3) is 3.42. The second kappa shape index (κ2) is 6.56. The molecule has 0 aliphatic heterocycles. The van der Waals surface area contributed by atoms with Crippen LogP contribution in [0.2, 0.25) is 0 Å². The summed E-state index contributed by atoms with van der Waals surface area (Å²) in [5, 5.41) is 6.20. The van der Waals surface area contributed by atoms with E-state index < -0.39 is 0 Å². The summed E-state index contributed by atoms with van der Waals surface area (Å²) in [4.78, 5) is 20.7. The number of hydrogen-bond acceptors (Lipinski definition) is 4. The molecule has 2 N–H and O–H groups in total. The summed E-state index contributed by atoms with van der Waals surface area (Å²) in [5.74, 6) is 0.315. The standard InChI is InChI=1S/C17H20N4O/c1-12-6-2-5-9-14(12)20-17-18-11-10-15(21-17)16(22)19-13-7-3-4-8-13/h2,5-6,9-11,13H,3-4,7-8H2,1H3,(H,19,22)(H,18,20,21). The van der Waals surface area contributed by atoms with E-state index in [1.54, 1.807) is 12.3 Å². The number of rotatable bonds is 4. The van der Waals surface area contributed by atoms with E-state index in [4.69, 9.17) is 0 Å². The van der Waals surface area contributed by atoms with Gasteiger partial charge in [0.2, 0.25) is 5.95 Å². The van der Waals surface area contributed by atoms with Gasteiger partial charge in [0.15, 0.2) is 0 Å². The Morgan fingerprint density at radius 2 is 1.95 bits per heavy atom. The molecule has 1 aliphatic rings. The molecule has 0 bridgehead atoms. The van der Waals surface area contributed by atoms with Gasteiger partial charge >= 0.3 is 0 Å². The molecule has 0 radical (unpaired) electrons. The van der Waals surface area contributed by atoms with Crippen LogP contribution in [0, 0.1) is 6.92 Å². The highest BCUT2D eigenvalue weighted by atomic mass is 16.1. The van der Waals surface area contributed by atoms with Gasteiger partial charge in [-0.15, -0.1) is 0 Å². The van der Waals surface area contributed by atoms with Crippen molar-refractivity contribution in [1.82, 2.24) is 15.3 Å². The minimum atomic E-state index is -0.123. The second-order valence-corrected chi connectivity index (χ2v) is 5.66. The molecule has 0 saturated heterocycles. The van der Waals surface area contributed by atoms with Crippen LogP contribution in [-0.2, 0) is 0 Å². The first-order valence-electron chi connectivity index (χ1n) is 7.69. The molecule has 5 nitrogen and oxygen atoms in total. The molecule has 114 valence electrons. The second-order valence-electron chi connectivity index (χ2n) is 5.66. The number of amides is 1. The largest absolute Gasteiger partial charge is 0.348 e. The van der Waals surface area contributed by atoms with E-state index in [1.165, 1.54) is 12.8 Å². The van der Waals surface area contributed by atoms with Gasteiger partial charge in [0.05, 0.1) is 0 Å². The Labute approximate surface area is 130 Å². The Morgan fingerprint density at radius 3 is 2.73 bits per heavy atom. The molecular formula is C17H20N4O. The van der Waals surface area contributed by atoms with Crippen molar-refractivity contribution >= 4 is 17.5 Å². The number of hydrogen-bond donors (Lipinski definition) is 2. The lowest BCUT2D eigenvalue weighted by atomic mass is 10.2. The van der Waals surface area contributed by atoms with Crippen molar-refractivity contribution < 1.29 is 4.79 Å². The monoisotopic (exact) mass is 296 g/mol. The number of aromatic nitrogens is 2. The molecule has 2 aromatic rings. The molecule has 1 fully saturated rings. The predicted octanol–water partition coefficient (Wildman–Crippen LogP) is 3.20. The van der Waals surface area contributed by atoms with Gasteiger partial charge in [-0.05, 0) is 37.5 Å². The van der Waals surface area contributed by atoms with Crippen molar-refractivity contribution in [3.63, 3.8) is 0 Å². The molecule has 1 aromatic heterocycles. The summed E-state index contributed by atoms with van der Waals surface area (Å²) in [7, 11) is 0. The van der Waals surface area contributed by atoms with Crippen molar-refractivity contribution in [2.45, 2.75) is 38.6 Å². The number of nitrogens with one attached hydrogen (secondary N) is 2. The molecule has 0 unspecified atom stereocenters. The van der Waals surface area contributed by atoms with Gasteiger partial charge in [0.1, 0.15) is 5.69 Å². The lowest BCUT2D eigenvalue weighted by Gasteiger charge is -2.12. The number of para-hydroxylation sites is 1. The Hall–Kier alpha value is -2.43. The summed E-state index contributed by atoms with van der Waals surface area (Å²) in [6, 6.07) is 9.84. The van der Waals surface area contributed by atoms with Crippen LogP contribution in [0.5, 0.6) is 0 Å². The Morgan fingerprint density at radius 1 is 1.18 bits per heavy atom. The first-order valence-corrected chi connectivity index (χ1v) is 7.69. The van der Waals surface area contributed by atoms with Crippen molar-refractivity contribution in [2.24, 2.45) is 0 Å². The van der Waals surface area contributed by atoms with E-state index in [-0.39, 0.29) is 11.9 Å². The van der Waals surface area contributed by atoms with Crippen LogP contribution in [0.25, 0.3) is 0 Å². The fraction of sp³-hybridized carbons (Fsp3) is 0.353. The molecule has 1 aliphatic carbocycles. The van der Waals surface area contributed by atoms with E-state index in [0.29, 0.717) is 11.6 Å². The predicted molar refractivity (Wildman–Crippen MR) is 86.2 cm³/mol. The lowest BCUT2D eigenvalue weighted by Crippen LogP contribution is -2.33. The highest BCUT2D eigenvalue weighted by Crippen LogP contribution is 2.19. The number of anilines is 2. The van der Waals surface area contributed by atoms with Crippen LogP contribution in [-0.4, -0.2) is 21.9 Å². The maximum absolute atomic E-state index is 12.2. The lowest BCUT2D eigenvalue weighted by molar-refractivity contribution is 0.0933. The third-order valence-electron chi connectivity index (χ3n) is 3.97. The third-order valence-corrected chi connectivity index (χ3v) is 3.97. The summed E-state index contributed by atoms with van der Waals surface area (Å²) >= 11 is 0. The van der Waals surface area contributed by atoms with Gasteiger partial charge in [0, 0.05) is 17.9 Å². The van der Waals surface area contributed by atoms with Gasteiger partial charge in [0.25, 0.3) is 5.91 Å². The SMILES string of the molecule is Cc1ccccc1Nc1nccc(C(=O)NC2CCCC2)n1. The first kappa shape index (κ1) is 14.5. The van der Waals surface area contributed by atoms with Crippen LogP contribution in [0.15, 0.2) is 36.5 Å². The number of carbonyl (C=O) groups is 1. The van der Waals surface area contributed by atoms with Crippen LogP contribution in [0.3, 0.4) is 0 Å². The molecule has 0 atom stereocenters. The van der Waals surface area contributed by atoms with Gasteiger partial charge in [-0.1, -0.05) is 31.0 Å². The Kier molecular flexibility index (Phi) is 4.32. The van der Waals surface area contributed by atoms with E-state index in [1.807, 2.05) is 31.2 Å². The summed E-state index contributed by atoms with van der Waals surface area (Å²) in [6.07, 6.45) is 6.11. The normalized spacial score (nSPS) is 14.8. The van der Waals surface area contributed by atoms with Crippen molar-refractivity contribution in [1.29, 1.82) is 0 Å². The highest BCUT2D eigenvalue weighted by Gasteiger charge is 2.18. The highest BCUT2D eigenvalue weighted by molar-refractivity contribution is 5.92. The number of nitrogens with zero attached hydrogens (tertiary/aromatic N) is 2. The zero-order chi connectivity index (χ0) is 15.4. The molecule has 1 saturated carbocycles. The maximum atomic E-state index is 12.2. The molecule has 1 aromatic carbocycles. The fourth-order valence-electron chi connectivity index (χ4n) is 2.71. The molecule has 1 amide bonds. The Balaban J connectivity index is 1.72. The molecule has 22 heavy (non-hydrogen) atoms. The number of benzene rings is 1. The van der Waals surface area contributed by atoms with E-state index in [9.17, 15) is 4.79 Å². The van der Waals surface area contributed by atoms with Crippen molar-refractivity contribution in [2.75, 3.05) is 5.32 Å². The smallest absolute Gasteiger partial charge is 0.270 e. The van der Waals surface area contributed by atoms with Crippen LogP contribution >= 0.6 is 0 Å². The average Bonchev–Trinajstić information content (AvgIpc) is 3.03. The van der Waals surface area contributed by atoms with Gasteiger partial charge in [-0.2, -0.15) is 0 Å². The minimum absolute atomic E-state index is 0.123. The number of carbonyl (C=O) groups excluding carboxylic acids is 1. The van der Waals surface area contributed by atoms with Gasteiger partial charge in [-0.25, -0.2) is 9.97 Å². The van der Waals surface area contributed by atoms with Crippen molar-refractivity contribution in [3.8, 4) is 0 Å². The quantitative estimate of drug-likeness (QED) is 0.909. The fourth-order valence-corrected chi connectivity index (χ4v) is 2.71. The van der Waals surface area contributed by atoms with E-state index >= 15 is 0 Å².